The molecule has 1 saturated carbocycles. The number of hydrogen-bond donors (Lipinski definition) is 2. The number of phenolic OH excluding ortho intramolecular Hbond substituents is 1. The van der Waals surface area contributed by atoms with Crippen molar-refractivity contribution >= 4 is 5.91 Å². The average Bonchev–Trinajstić information content (AvgIpc) is 2.48. The van der Waals surface area contributed by atoms with Gasteiger partial charge < -0.3 is 10.4 Å². The second-order valence-electron chi connectivity index (χ2n) is 6.04. The van der Waals surface area contributed by atoms with E-state index < -0.39 is 23.7 Å². The molecule has 23 heavy (non-hydrogen) atoms. The molecule has 7 heteroatoms. The molecule has 1 aliphatic rings. The number of hydrogen-bond acceptors (Lipinski definition) is 2. The van der Waals surface area contributed by atoms with Crippen LogP contribution in [0.15, 0.2) is 18.2 Å². The number of benzene rings is 1. The van der Waals surface area contributed by atoms with E-state index >= 15 is 0 Å². The van der Waals surface area contributed by atoms with Crippen molar-refractivity contribution in [1.29, 1.82) is 0 Å². The van der Waals surface area contributed by atoms with Gasteiger partial charge in [-0.25, -0.2) is 4.39 Å². The molecule has 2 atom stereocenters. The molecular formula is C16H19F4NO2. The minimum absolute atomic E-state index is 0.0393. The van der Waals surface area contributed by atoms with E-state index in [-0.39, 0.29) is 37.6 Å². The summed E-state index contributed by atoms with van der Waals surface area (Å²) in [6.07, 6.45) is -2.88. The number of amides is 1. The summed E-state index contributed by atoms with van der Waals surface area (Å²) in [4.78, 5) is 11.8. The highest BCUT2D eigenvalue weighted by atomic mass is 19.4. The van der Waals surface area contributed by atoms with Crippen molar-refractivity contribution in [3.63, 3.8) is 0 Å². The van der Waals surface area contributed by atoms with Gasteiger partial charge >= 0.3 is 6.18 Å². The van der Waals surface area contributed by atoms with Gasteiger partial charge in [0.25, 0.3) is 0 Å². The fourth-order valence-corrected chi connectivity index (χ4v) is 2.94. The number of alkyl halides is 3. The molecule has 1 aromatic rings. The summed E-state index contributed by atoms with van der Waals surface area (Å²) in [5.74, 6) is -3.14. The lowest BCUT2D eigenvalue weighted by Crippen LogP contribution is -2.35. The topological polar surface area (TPSA) is 49.3 Å². The van der Waals surface area contributed by atoms with Crippen molar-refractivity contribution in [2.45, 2.75) is 38.3 Å². The predicted octanol–water partition coefficient (Wildman–Crippen LogP) is 3.56. The quantitative estimate of drug-likeness (QED) is 0.828. The molecule has 2 N–H and O–H groups in total. The molecule has 2 rings (SSSR count). The Morgan fingerprint density at radius 2 is 2.04 bits per heavy atom. The van der Waals surface area contributed by atoms with Crippen molar-refractivity contribution in [2.24, 2.45) is 11.8 Å². The van der Waals surface area contributed by atoms with Crippen molar-refractivity contribution in [2.75, 3.05) is 6.54 Å². The summed E-state index contributed by atoms with van der Waals surface area (Å²) in [6.45, 7) is 0.200. The van der Waals surface area contributed by atoms with Crippen LogP contribution in [0.3, 0.4) is 0 Å². The predicted molar refractivity (Wildman–Crippen MR) is 76.3 cm³/mol. The third-order valence-corrected chi connectivity index (χ3v) is 4.21. The van der Waals surface area contributed by atoms with Crippen LogP contribution in [0.4, 0.5) is 17.6 Å². The number of phenols is 1. The van der Waals surface area contributed by atoms with E-state index in [1.807, 2.05) is 0 Å². The zero-order valence-corrected chi connectivity index (χ0v) is 12.5. The molecule has 0 radical (unpaired) electrons. The lowest BCUT2D eigenvalue weighted by molar-refractivity contribution is -0.185. The highest BCUT2D eigenvalue weighted by molar-refractivity contribution is 5.78. The molecule has 0 heterocycles. The molecule has 3 nitrogen and oxygen atoms in total. The standard InChI is InChI=1S/C16H19F4NO2/c17-13-7-10(4-5-14(13)22)8-15(23)21-9-11-2-1-3-12(6-11)16(18,19)20/h4-5,7,11-12,22H,1-3,6,8-9H2,(H,21,23). The zero-order valence-electron chi connectivity index (χ0n) is 12.5. The maximum atomic E-state index is 13.2. The molecule has 0 aliphatic heterocycles. The van der Waals surface area contributed by atoms with Gasteiger partial charge in [0.15, 0.2) is 11.6 Å². The Morgan fingerprint density at radius 3 is 2.70 bits per heavy atom. The molecule has 128 valence electrons. The Balaban J connectivity index is 1.81. The van der Waals surface area contributed by atoms with Gasteiger partial charge in [-0.2, -0.15) is 13.2 Å². The van der Waals surface area contributed by atoms with E-state index in [2.05, 4.69) is 5.32 Å². The summed E-state index contributed by atoms with van der Waals surface area (Å²) < 4.78 is 51.4. The van der Waals surface area contributed by atoms with Gasteiger partial charge in [0, 0.05) is 6.54 Å². The van der Waals surface area contributed by atoms with Crippen LogP contribution in [-0.2, 0) is 11.2 Å². The lowest BCUT2D eigenvalue weighted by Gasteiger charge is -2.30. The zero-order chi connectivity index (χ0) is 17.0. The van der Waals surface area contributed by atoms with Gasteiger partial charge in [0.2, 0.25) is 5.91 Å². The van der Waals surface area contributed by atoms with Gasteiger partial charge in [0.05, 0.1) is 12.3 Å². The Bertz CT molecular complexity index is 560. The van der Waals surface area contributed by atoms with Crippen LogP contribution in [0, 0.1) is 17.7 Å². The Morgan fingerprint density at radius 1 is 1.30 bits per heavy atom. The first-order valence-electron chi connectivity index (χ1n) is 7.56. The fraction of sp³-hybridized carbons (Fsp3) is 0.562. The number of carbonyl (C=O) groups is 1. The number of halogens is 4. The molecular weight excluding hydrogens is 314 g/mol. The third-order valence-electron chi connectivity index (χ3n) is 4.21. The number of aromatic hydroxyl groups is 1. The van der Waals surface area contributed by atoms with Gasteiger partial charge in [-0.1, -0.05) is 12.5 Å². The third kappa shape index (κ3) is 5.11. The molecule has 0 saturated heterocycles. The highest BCUT2D eigenvalue weighted by Gasteiger charge is 2.42. The van der Waals surface area contributed by atoms with Crippen molar-refractivity contribution in [3.8, 4) is 5.75 Å². The average molecular weight is 333 g/mol. The van der Waals surface area contributed by atoms with Crippen LogP contribution in [-0.4, -0.2) is 23.7 Å². The van der Waals surface area contributed by atoms with E-state index in [0.717, 1.165) is 12.1 Å². The second kappa shape index (κ2) is 7.19. The van der Waals surface area contributed by atoms with E-state index in [9.17, 15) is 22.4 Å². The minimum atomic E-state index is -4.17. The van der Waals surface area contributed by atoms with Crippen LogP contribution < -0.4 is 5.32 Å². The van der Waals surface area contributed by atoms with Crippen LogP contribution in [0.25, 0.3) is 0 Å². The van der Waals surface area contributed by atoms with Gasteiger partial charge in [-0.05, 0) is 42.9 Å². The second-order valence-corrected chi connectivity index (χ2v) is 6.04. The first-order valence-corrected chi connectivity index (χ1v) is 7.56. The summed E-state index contributed by atoms with van der Waals surface area (Å²) in [5.41, 5.74) is 0.398. The number of rotatable bonds is 4. The summed E-state index contributed by atoms with van der Waals surface area (Å²) in [5, 5.41) is 11.7. The summed E-state index contributed by atoms with van der Waals surface area (Å²) >= 11 is 0. The van der Waals surface area contributed by atoms with Crippen LogP contribution >= 0.6 is 0 Å². The molecule has 1 fully saturated rings. The maximum absolute atomic E-state index is 13.2. The molecule has 0 aromatic heterocycles. The van der Waals surface area contributed by atoms with E-state index in [1.54, 1.807) is 0 Å². The van der Waals surface area contributed by atoms with Crippen molar-refractivity contribution in [1.82, 2.24) is 5.32 Å². The number of carbonyl (C=O) groups excluding carboxylic acids is 1. The largest absolute Gasteiger partial charge is 0.505 e. The number of nitrogens with one attached hydrogen (secondary N) is 1. The summed E-state index contributed by atoms with van der Waals surface area (Å²) in [7, 11) is 0. The minimum Gasteiger partial charge on any atom is -0.505 e. The van der Waals surface area contributed by atoms with Crippen molar-refractivity contribution < 1.29 is 27.5 Å². The van der Waals surface area contributed by atoms with Crippen molar-refractivity contribution in [3.05, 3.63) is 29.6 Å². The van der Waals surface area contributed by atoms with Crippen LogP contribution in [0.2, 0.25) is 0 Å². The molecule has 1 aliphatic carbocycles. The molecule has 0 spiro atoms. The van der Waals surface area contributed by atoms with Gasteiger partial charge in [-0.3, -0.25) is 4.79 Å². The van der Waals surface area contributed by atoms with E-state index in [0.29, 0.717) is 18.4 Å². The van der Waals surface area contributed by atoms with Crippen LogP contribution in [0.1, 0.15) is 31.2 Å². The Hall–Kier alpha value is -1.79. The first kappa shape index (κ1) is 17.6. The molecule has 2 unspecified atom stereocenters. The molecule has 1 aromatic carbocycles. The SMILES string of the molecule is O=C(Cc1ccc(O)c(F)c1)NCC1CCCC(C(F)(F)F)C1. The van der Waals surface area contributed by atoms with Gasteiger partial charge in [0.1, 0.15) is 0 Å². The van der Waals surface area contributed by atoms with Crippen LogP contribution in [0.5, 0.6) is 5.75 Å². The first-order chi connectivity index (χ1) is 10.8. The highest BCUT2D eigenvalue weighted by Crippen LogP contribution is 2.39. The summed E-state index contributed by atoms with van der Waals surface area (Å²) in [6, 6.07) is 3.65. The molecule has 0 bridgehead atoms. The smallest absolute Gasteiger partial charge is 0.391 e. The molecule has 1 amide bonds. The van der Waals surface area contributed by atoms with E-state index in [4.69, 9.17) is 5.11 Å². The Labute approximate surface area is 131 Å². The normalized spacial score (nSPS) is 21.9. The monoisotopic (exact) mass is 333 g/mol. The fourth-order valence-electron chi connectivity index (χ4n) is 2.94. The van der Waals surface area contributed by atoms with E-state index in [1.165, 1.54) is 6.07 Å². The Kier molecular flexibility index (Phi) is 5.49. The lowest BCUT2D eigenvalue weighted by atomic mass is 9.81. The van der Waals surface area contributed by atoms with Gasteiger partial charge in [-0.15, -0.1) is 0 Å². The maximum Gasteiger partial charge on any atom is 0.391 e.